The van der Waals surface area contributed by atoms with E-state index in [2.05, 4.69) is 26.3 Å². The van der Waals surface area contributed by atoms with Gasteiger partial charge >= 0.3 is 7.41 Å². The van der Waals surface area contributed by atoms with E-state index in [1.807, 2.05) is 13.0 Å². The Morgan fingerprint density at radius 1 is 1.32 bits per heavy atom. The monoisotopic (exact) mass is 528 g/mol. The molecule has 5 rings (SSSR count). The minimum Gasteiger partial charge on any atom is -0.410 e. The summed E-state index contributed by atoms with van der Waals surface area (Å²) in [6.45, 7) is 3.45. The predicted molar refractivity (Wildman–Crippen MR) is 144 cm³/mol. The van der Waals surface area contributed by atoms with E-state index in [4.69, 9.17) is 11.6 Å². The van der Waals surface area contributed by atoms with Crippen molar-refractivity contribution in [3.05, 3.63) is 58.5 Å². The van der Waals surface area contributed by atoms with Crippen molar-refractivity contribution in [3.63, 3.8) is 0 Å². The summed E-state index contributed by atoms with van der Waals surface area (Å²) in [5.41, 5.74) is 2.84. The Bertz CT molecular complexity index is 1460. The molecule has 1 amide bonds. The molecular weight excluding hydrogens is 505 g/mol. The fourth-order valence-electron chi connectivity index (χ4n) is 4.99. The Morgan fingerprint density at radius 3 is 2.82 bits per heavy atom. The highest BCUT2D eigenvalue weighted by molar-refractivity contribution is 6.70. The molecule has 2 aromatic heterocycles. The van der Waals surface area contributed by atoms with Gasteiger partial charge in [0, 0.05) is 48.7 Å². The second-order valence-corrected chi connectivity index (χ2v) is 10.0. The van der Waals surface area contributed by atoms with Gasteiger partial charge in [0.2, 0.25) is 5.95 Å². The number of likely N-dealkylation sites (tertiary alicyclic amines) is 1. The highest BCUT2D eigenvalue weighted by atomic mass is 35.5. The van der Waals surface area contributed by atoms with Crippen molar-refractivity contribution >= 4 is 48.4 Å². The third-order valence-electron chi connectivity index (χ3n) is 6.92. The lowest BCUT2D eigenvalue weighted by atomic mass is 9.83. The standard InChI is InChI=1S/C26H24BClN7O3/c1-26(14-36)13-35(27-15-37)23-17(11-29)8-16(9-19(23)26)20-4-5-30-25(32-20)33-21-10-18(28)12-31-22(21)24(38)34-6-2-3-7-34/h4-5,8-10,12,15,36H,2-3,6-7,13-14H2,1H3,(H,30,32,33). The van der Waals surface area contributed by atoms with Crippen molar-refractivity contribution in [2.45, 2.75) is 25.2 Å². The van der Waals surface area contributed by atoms with Crippen LogP contribution in [0.15, 0.2) is 36.7 Å². The Balaban J connectivity index is 1.52. The molecule has 1 unspecified atom stereocenters. The van der Waals surface area contributed by atoms with Crippen LogP contribution in [-0.4, -0.2) is 70.7 Å². The maximum Gasteiger partial charge on any atom is 0.329 e. The van der Waals surface area contributed by atoms with E-state index in [1.54, 1.807) is 34.1 Å². The average Bonchev–Trinajstić information content (AvgIpc) is 3.56. The lowest BCUT2D eigenvalue weighted by molar-refractivity contribution is 0.0788. The summed E-state index contributed by atoms with van der Waals surface area (Å²) < 4.78 is 0. The first-order chi connectivity index (χ1) is 18.4. The molecule has 38 heavy (non-hydrogen) atoms. The summed E-state index contributed by atoms with van der Waals surface area (Å²) in [5.74, 6) is 0.0388. The van der Waals surface area contributed by atoms with Gasteiger partial charge in [0.25, 0.3) is 5.91 Å². The van der Waals surface area contributed by atoms with Crippen molar-refractivity contribution in [1.82, 2.24) is 19.9 Å². The number of carbonyl (C=O) groups excluding carboxylic acids is 2. The number of aromatic nitrogens is 3. The SMILES string of the molecule is CC1(CO)CN([B]C=O)c2c(C#N)cc(-c3ccnc(Nc4cc(Cl)cnc4C(=O)N4CCCC4)n3)cc21. The first-order valence-electron chi connectivity index (χ1n) is 12.2. The van der Waals surface area contributed by atoms with Gasteiger partial charge in [0.05, 0.1) is 28.6 Å². The smallest absolute Gasteiger partial charge is 0.329 e. The first-order valence-corrected chi connectivity index (χ1v) is 12.5. The number of aliphatic hydroxyl groups excluding tert-OH is 1. The fraction of sp³-hybridized carbons (Fsp3) is 0.308. The average molecular weight is 529 g/mol. The maximum atomic E-state index is 13.1. The van der Waals surface area contributed by atoms with Crippen LogP contribution in [0.4, 0.5) is 17.3 Å². The number of halogens is 1. The number of nitrogens with zero attached hydrogens (tertiary/aromatic N) is 6. The molecule has 1 fully saturated rings. The van der Waals surface area contributed by atoms with E-state index >= 15 is 0 Å². The van der Waals surface area contributed by atoms with Crippen molar-refractivity contribution in [2.75, 3.05) is 36.4 Å². The van der Waals surface area contributed by atoms with Crippen LogP contribution in [-0.2, 0) is 10.2 Å². The minimum absolute atomic E-state index is 0.163. The maximum absolute atomic E-state index is 13.1. The van der Waals surface area contributed by atoms with Crippen LogP contribution in [0, 0.1) is 11.3 Å². The number of nitrogens with one attached hydrogen (secondary N) is 1. The molecule has 2 aliphatic rings. The van der Waals surface area contributed by atoms with Crippen LogP contribution in [0.5, 0.6) is 0 Å². The van der Waals surface area contributed by atoms with Gasteiger partial charge in [-0.1, -0.05) is 18.5 Å². The zero-order chi connectivity index (χ0) is 26.9. The lowest BCUT2D eigenvalue weighted by Gasteiger charge is -2.23. The summed E-state index contributed by atoms with van der Waals surface area (Å²) in [6.07, 6.45) is 5.59. The second kappa shape index (κ2) is 10.4. The number of rotatable bonds is 7. The summed E-state index contributed by atoms with van der Waals surface area (Å²) in [4.78, 5) is 40.9. The van der Waals surface area contributed by atoms with Gasteiger partial charge in [0.15, 0.2) is 5.69 Å². The number of nitriles is 1. The predicted octanol–water partition coefficient (Wildman–Crippen LogP) is 2.92. The molecule has 0 spiro atoms. The number of fused-ring (bicyclic) bond motifs is 1. The first kappa shape index (κ1) is 25.6. The number of carbonyl (C=O) groups is 2. The van der Waals surface area contributed by atoms with Gasteiger partial charge in [-0.2, -0.15) is 5.26 Å². The summed E-state index contributed by atoms with van der Waals surface area (Å²) in [7, 11) is 1.37. The molecule has 191 valence electrons. The van der Waals surface area contributed by atoms with Gasteiger partial charge < -0.3 is 24.9 Å². The van der Waals surface area contributed by atoms with Crippen LogP contribution >= 0.6 is 11.6 Å². The van der Waals surface area contributed by atoms with Gasteiger partial charge in [-0.05, 0) is 42.7 Å². The molecule has 2 aliphatic heterocycles. The number of anilines is 3. The summed E-state index contributed by atoms with van der Waals surface area (Å²) in [5, 5.41) is 23.5. The van der Waals surface area contributed by atoms with Crippen molar-refractivity contribution in [3.8, 4) is 17.3 Å². The second-order valence-electron chi connectivity index (χ2n) is 9.60. The molecule has 4 heterocycles. The molecule has 12 heteroatoms. The van der Waals surface area contributed by atoms with E-state index in [0.29, 0.717) is 59.0 Å². The van der Waals surface area contributed by atoms with E-state index in [1.165, 1.54) is 13.6 Å². The number of aliphatic hydroxyl groups is 1. The van der Waals surface area contributed by atoms with Gasteiger partial charge in [0.1, 0.15) is 12.3 Å². The number of benzene rings is 1. The Kier molecular flexibility index (Phi) is 7.01. The number of amides is 1. The number of hydrogen-bond donors (Lipinski definition) is 2. The molecule has 10 nitrogen and oxygen atoms in total. The highest BCUT2D eigenvalue weighted by Gasteiger charge is 2.40. The molecule has 1 aromatic carbocycles. The van der Waals surface area contributed by atoms with Gasteiger partial charge in [-0.3, -0.25) is 4.79 Å². The molecular formula is C26H24BClN7O3. The van der Waals surface area contributed by atoms with Crippen LogP contribution in [0.2, 0.25) is 5.02 Å². The zero-order valence-corrected chi connectivity index (χ0v) is 21.4. The third kappa shape index (κ3) is 4.69. The zero-order valence-electron chi connectivity index (χ0n) is 20.7. The van der Waals surface area contributed by atoms with E-state index in [9.17, 15) is 20.0 Å². The number of hydrogen-bond acceptors (Lipinski definition) is 9. The molecule has 1 radical (unpaired) electrons. The van der Waals surface area contributed by atoms with Crippen LogP contribution < -0.4 is 10.1 Å². The van der Waals surface area contributed by atoms with E-state index < -0.39 is 5.41 Å². The van der Waals surface area contributed by atoms with Crippen LogP contribution in [0.3, 0.4) is 0 Å². The third-order valence-corrected chi connectivity index (χ3v) is 7.13. The Labute approximate surface area is 225 Å². The normalized spacial score (nSPS) is 18.2. The topological polar surface area (TPSA) is 135 Å². The minimum atomic E-state index is -0.679. The molecule has 1 saturated heterocycles. The van der Waals surface area contributed by atoms with Gasteiger partial charge in [-0.25, -0.2) is 15.0 Å². The quantitative estimate of drug-likeness (QED) is 0.350. The Morgan fingerprint density at radius 2 is 2.11 bits per heavy atom. The molecule has 0 saturated carbocycles. The molecule has 0 bridgehead atoms. The molecule has 2 N–H and O–H groups in total. The molecule has 0 aliphatic carbocycles. The largest absolute Gasteiger partial charge is 0.410 e. The van der Waals surface area contributed by atoms with Crippen LogP contribution in [0.1, 0.15) is 41.4 Å². The fourth-order valence-corrected chi connectivity index (χ4v) is 5.15. The van der Waals surface area contributed by atoms with Crippen molar-refractivity contribution in [2.24, 2.45) is 0 Å². The van der Waals surface area contributed by atoms with E-state index in [-0.39, 0.29) is 24.2 Å². The Hall–Kier alpha value is -4.01. The van der Waals surface area contributed by atoms with Crippen molar-refractivity contribution < 1.29 is 14.7 Å². The summed E-state index contributed by atoms with van der Waals surface area (Å²) >= 11 is 6.19. The van der Waals surface area contributed by atoms with E-state index in [0.717, 1.165) is 18.4 Å². The highest BCUT2D eigenvalue weighted by Crippen LogP contribution is 2.44. The van der Waals surface area contributed by atoms with Crippen LogP contribution in [0.25, 0.3) is 11.3 Å². The van der Waals surface area contributed by atoms with Gasteiger partial charge in [-0.15, -0.1) is 0 Å². The summed E-state index contributed by atoms with van der Waals surface area (Å²) in [6, 6.07) is 9.11. The number of pyridine rings is 1. The molecule has 1 atom stereocenters. The lowest BCUT2D eigenvalue weighted by Crippen LogP contribution is -2.36. The van der Waals surface area contributed by atoms with Crippen molar-refractivity contribution in [1.29, 1.82) is 5.26 Å². The molecule has 3 aromatic rings.